The summed E-state index contributed by atoms with van der Waals surface area (Å²) in [5.41, 5.74) is 1.66. The average molecular weight is 341 g/mol. The van der Waals surface area contributed by atoms with Gasteiger partial charge in [0.2, 0.25) is 0 Å². The van der Waals surface area contributed by atoms with E-state index in [1.807, 2.05) is 30.3 Å². The zero-order valence-electron chi connectivity index (χ0n) is 14.2. The van der Waals surface area contributed by atoms with Crippen molar-refractivity contribution < 1.29 is 18.7 Å². The third-order valence-corrected chi connectivity index (χ3v) is 3.56. The molecular weight excluding hydrogens is 321 g/mol. The summed E-state index contributed by atoms with van der Waals surface area (Å²) in [5.74, 6) is -1.26. The van der Waals surface area contributed by atoms with Crippen LogP contribution in [0.1, 0.15) is 18.1 Å². The first-order valence-corrected chi connectivity index (χ1v) is 7.89. The number of halogens is 1. The average Bonchev–Trinajstić information content (AvgIpc) is 2.61. The maximum absolute atomic E-state index is 12.8. The Bertz CT molecular complexity index is 741. The lowest BCUT2D eigenvalue weighted by molar-refractivity contribution is -0.154. The van der Waals surface area contributed by atoms with Crippen LogP contribution in [0.15, 0.2) is 60.7 Å². The molecule has 2 rings (SSSR count). The van der Waals surface area contributed by atoms with Crippen LogP contribution in [0.4, 0.5) is 4.39 Å². The van der Waals surface area contributed by atoms with Gasteiger partial charge in [-0.1, -0.05) is 42.5 Å². The molecule has 1 amide bonds. The van der Waals surface area contributed by atoms with Gasteiger partial charge < -0.3 is 9.64 Å². The highest BCUT2D eigenvalue weighted by atomic mass is 19.1. The predicted octanol–water partition coefficient (Wildman–Crippen LogP) is 3.43. The molecule has 0 unspecified atom stereocenters. The van der Waals surface area contributed by atoms with Crippen molar-refractivity contribution in [2.45, 2.75) is 19.6 Å². The molecule has 0 saturated carbocycles. The zero-order chi connectivity index (χ0) is 18.2. The van der Waals surface area contributed by atoms with E-state index in [0.717, 1.165) is 5.56 Å². The molecular formula is C20H20FNO3. The van der Waals surface area contributed by atoms with Crippen LogP contribution in [0.5, 0.6) is 0 Å². The van der Waals surface area contributed by atoms with E-state index in [0.29, 0.717) is 12.1 Å². The first kappa shape index (κ1) is 18.4. The Balaban J connectivity index is 1.87. The maximum atomic E-state index is 12.8. The summed E-state index contributed by atoms with van der Waals surface area (Å²) in [6.45, 7) is 1.97. The lowest BCUT2D eigenvalue weighted by Gasteiger charge is -2.21. The van der Waals surface area contributed by atoms with Gasteiger partial charge in [-0.3, -0.25) is 4.79 Å². The zero-order valence-corrected chi connectivity index (χ0v) is 14.2. The van der Waals surface area contributed by atoms with Crippen molar-refractivity contribution in [3.8, 4) is 0 Å². The standard InChI is InChI=1S/C20H20FNO3/c1-15(20(24)22(2)14-17-6-4-3-5-7-17)25-19(23)13-10-16-8-11-18(21)12-9-16/h3-13,15H,14H2,1-2H3/b13-10+/t15-/m0/s1. The number of carbonyl (C=O) groups excluding carboxylic acids is 2. The number of benzene rings is 2. The van der Waals surface area contributed by atoms with Gasteiger partial charge in [0.15, 0.2) is 6.10 Å². The molecule has 0 aliphatic heterocycles. The van der Waals surface area contributed by atoms with Crippen molar-refractivity contribution in [3.63, 3.8) is 0 Å². The van der Waals surface area contributed by atoms with E-state index >= 15 is 0 Å². The number of ether oxygens (including phenoxy) is 1. The Morgan fingerprint density at radius 1 is 1.12 bits per heavy atom. The van der Waals surface area contributed by atoms with Gasteiger partial charge in [0, 0.05) is 19.7 Å². The van der Waals surface area contributed by atoms with E-state index in [1.165, 1.54) is 36.1 Å². The van der Waals surface area contributed by atoms with Gasteiger partial charge in [-0.15, -0.1) is 0 Å². The summed E-state index contributed by atoms with van der Waals surface area (Å²) in [5, 5.41) is 0. The van der Waals surface area contributed by atoms with E-state index in [2.05, 4.69) is 0 Å². The summed E-state index contributed by atoms with van der Waals surface area (Å²) in [7, 11) is 1.66. The van der Waals surface area contributed by atoms with Crippen LogP contribution in [0.25, 0.3) is 6.08 Å². The molecule has 4 nitrogen and oxygen atoms in total. The Kier molecular flexibility index (Phi) is 6.46. The van der Waals surface area contributed by atoms with E-state index in [4.69, 9.17) is 4.74 Å². The molecule has 25 heavy (non-hydrogen) atoms. The van der Waals surface area contributed by atoms with Crippen LogP contribution < -0.4 is 0 Å². The number of hydrogen-bond acceptors (Lipinski definition) is 3. The second kappa shape index (κ2) is 8.78. The van der Waals surface area contributed by atoms with Gasteiger partial charge in [0.25, 0.3) is 5.91 Å². The molecule has 130 valence electrons. The molecule has 0 fully saturated rings. The predicted molar refractivity (Wildman–Crippen MR) is 93.9 cm³/mol. The van der Waals surface area contributed by atoms with E-state index in [1.54, 1.807) is 19.2 Å². The fourth-order valence-electron chi connectivity index (χ4n) is 2.25. The van der Waals surface area contributed by atoms with E-state index in [9.17, 15) is 14.0 Å². The number of carbonyl (C=O) groups is 2. The van der Waals surface area contributed by atoms with Gasteiger partial charge in [0.05, 0.1) is 0 Å². The van der Waals surface area contributed by atoms with Crippen LogP contribution in [0.2, 0.25) is 0 Å². The molecule has 0 heterocycles. The normalized spacial score (nSPS) is 12.0. The van der Waals surface area contributed by atoms with Crippen molar-refractivity contribution in [1.82, 2.24) is 4.90 Å². The molecule has 1 atom stereocenters. The monoisotopic (exact) mass is 341 g/mol. The van der Waals surface area contributed by atoms with Gasteiger partial charge in [0.1, 0.15) is 5.82 Å². The molecule has 5 heteroatoms. The third-order valence-electron chi connectivity index (χ3n) is 3.56. The van der Waals surface area contributed by atoms with Crippen LogP contribution >= 0.6 is 0 Å². The van der Waals surface area contributed by atoms with Crippen molar-refractivity contribution in [3.05, 3.63) is 77.6 Å². The number of likely N-dealkylation sites (N-methyl/N-ethyl adjacent to an activating group) is 1. The second-order valence-electron chi connectivity index (χ2n) is 5.64. The van der Waals surface area contributed by atoms with E-state index < -0.39 is 12.1 Å². The minimum Gasteiger partial charge on any atom is -0.449 e. The van der Waals surface area contributed by atoms with Gasteiger partial charge in [-0.2, -0.15) is 0 Å². The van der Waals surface area contributed by atoms with Crippen LogP contribution in [-0.4, -0.2) is 29.9 Å². The number of rotatable bonds is 6. The fraction of sp³-hybridized carbons (Fsp3) is 0.200. The quantitative estimate of drug-likeness (QED) is 0.597. The highest BCUT2D eigenvalue weighted by Crippen LogP contribution is 2.08. The van der Waals surface area contributed by atoms with Crippen LogP contribution in [0, 0.1) is 5.82 Å². The molecule has 2 aromatic rings. The number of amides is 1. The summed E-state index contributed by atoms with van der Waals surface area (Å²) in [4.78, 5) is 25.6. The molecule has 0 saturated heterocycles. The summed E-state index contributed by atoms with van der Waals surface area (Å²) in [6, 6.07) is 15.2. The van der Waals surface area contributed by atoms with Crippen molar-refractivity contribution in [1.29, 1.82) is 0 Å². The highest BCUT2D eigenvalue weighted by molar-refractivity contribution is 5.90. The largest absolute Gasteiger partial charge is 0.449 e. The van der Waals surface area contributed by atoms with Crippen molar-refractivity contribution in [2.75, 3.05) is 7.05 Å². The fourth-order valence-corrected chi connectivity index (χ4v) is 2.25. The van der Waals surface area contributed by atoms with Gasteiger partial charge in [-0.05, 0) is 36.3 Å². The highest BCUT2D eigenvalue weighted by Gasteiger charge is 2.20. The minimum atomic E-state index is -0.890. The minimum absolute atomic E-state index is 0.285. The molecule has 0 radical (unpaired) electrons. The molecule has 2 aromatic carbocycles. The Labute approximate surface area is 146 Å². The summed E-state index contributed by atoms with van der Waals surface area (Å²) >= 11 is 0. The smallest absolute Gasteiger partial charge is 0.331 e. The third kappa shape index (κ3) is 5.88. The second-order valence-corrected chi connectivity index (χ2v) is 5.64. The number of hydrogen-bond donors (Lipinski definition) is 0. The van der Waals surface area contributed by atoms with E-state index in [-0.39, 0.29) is 11.7 Å². The topological polar surface area (TPSA) is 46.6 Å². The van der Waals surface area contributed by atoms with Gasteiger partial charge in [-0.25, -0.2) is 9.18 Å². The molecule has 0 spiro atoms. The Morgan fingerprint density at radius 2 is 1.76 bits per heavy atom. The first-order chi connectivity index (χ1) is 12.0. The molecule has 0 N–H and O–H groups in total. The number of esters is 1. The van der Waals surface area contributed by atoms with Gasteiger partial charge >= 0.3 is 5.97 Å². The summed E-state index contributed by atoms with van der Waals surface area (Å²) < 4.78 is 17.9. The Morgan fingerprint density at radius 3 is 2.40 bits per heavy atom. The van der Waals surface area contributed by atoms with Crippen molar-refractivity contribution in [2.24, 2.45) is 0 Å². The van der Waals surface area contributed by atoms with Crippen LogP contribution in [-0.2, 0) is 20.9 Å². The van der Waals surface area contributed by atoms with Crippen molar-refractivity contribution >= 4 is 18.0 Å². The lowest BCUT2D eigenvalue weighted by atomic mass is 10.2. The number of nitrogens with zero attached hydrogens (tertiary/aromatic N) is 1. The van der Waals surface area contributed by atoms with Crippen LogP contribution in [0.3, 0.4) is 0 Å². The summed E-state index contributed by atoms with van der Waals surface area (Å²) in [6.07, 6.45) is 1.83. The SMILES string of the molecule is C[C@H](OC(=O)/C=C/c1ccc(F)cc1)C(=O)N(C)Cc1ccccc1. The molecule has 0 aliphatic carbocycles. The first-order valence-electron chi connectivity index (χ1n) is 7.89. The Hall–Kier alpha value is -2.95. The lowest BCUT2D eigenvalue weighted by Crippen LogP contribution is -2.36. The molecule has 0 aliphatic rings. The molecule has 0 aromatic heterocycles. The maximum Gasteiger partial charge on any atom is 0.331 e. The molecule has 0 bridgehead atoms.